The molecule has 90 valence electrons. The summed E-state index contributed by atoms with van der Waals surface area (Å²) in [7, 11) is 0. The van der Waals surface area contributed by atoms with E-state index in [2.05, 4.69) is 6.92 Å². The lowest BCUT2D eigenvalue weighted by atomic mass is 10.1. The molecule has 3 heteroatoms. The molecule has 0 fully saturated rings. The maximum atomic E-state index is 12.4. The van der Waals surface area contributed by atoms with Gasteiger partial charge in [-0.1, -0.05) is 25.5 Å². The SMILES string of the molecule is CCCCN1C(=O)c2ccccc2OC=C1C. The molecule has 1 aliphatic rings. The number of unbranched alkanes of at least 4 members (excludes halogenated alkanes) is 1. The van der Waals surface area contributed by atoms with Crippen LogP contribution in [0.3, 0.4) is 0 Å². The molecular weight excluding hydrogens is 214 g/mol. The molecule has 1 aliphatic heterocycles. The summed E-state index contributed by atoms with van der Waals surface area (Å²) >= 11 is 0. The highest BCUT2D eigenvalue weighted by atomic mass is 16.5. The van der Waals surface area contributed by atoms with Crippen molar-refractivity contribution in [3.8, 4) is 5.75 Å². The van der Waals surface area contributed by atoms with E-state index in [0.29, 0.717) is 11.3 Å². The predicted molar refractivity (Wildman–Crippen MR) is 66.8 cm³/mol. The molecule has 0 saturated heterocycles. The van der Waals surface area contributed by atoms with Gasteiger partial charge < -0.3 is 9.64 Å². The fourth-order valence-electron chi connectivity index (χ4n) is 1.86. The van der Waals surface area contributed by atoms with Crippen molar-refractivity contribution in [3.63, 3.8) is 0 Å². The molecule has 0 atom stereocenters. The highest BCUT2D eigenvalue weighted by Crippen LogP contribution is 2.25. The van der Waals surface area contributed by atoms with Crippen molar-refractivity contribution in [2.45, 2.75) is 26.7 Å². The summed E-state index contributed by atoms with van der Waals surface area (Å²) in [6.07, 6.45) is 3.72. The van der Waals surface area contributed by atoms with Crippen molar-refractivity contribution in [2.75, 3.05) is 6.54 Å². The molecule has 17 heavy (non-hydrogen) atoms. The molecule has 0 radical (unpaired) electrons. The maximum absolute atomic E-state index is 12.4. The molecule has 1 heterocycles. The van der Waals surface area contributed by atoms with Crippen LogP contribution in [0.4, 0.5) is 0 Å². The van der Waals surface area contributed by atoms with E-state index in [-0.39, 0.29) is 5.91 Å². The first-order valence-electron chi connectivity index (χ1n) is 5.98. The number of carbonyl (C=O) groups excluding carboxylic acids is 1. The van der Waals surface area contributed by atoms with E-state index in [1.54, 1.807) is 11.2 Å². The van der Waals surface area contributed by atoms with Gasteiger partial charge in [0.15, 0.2) is 0 Å². The Balaban J connectivity index is 2.33. The van der Waals surface area contributed by atoms with Gasteiger partial charge in [-0.25, -0.2) is 0 Å². The molecule has 1 aromatic rings. The summed E-state index contributed by atoms with van der Waals surface area (Å²) in [5.74, 6) is 0.663. The number of fused-ring (bicyclic) bond motifs is 1. The Morgan fingerprint density at radius 1 is 1.29 bits per heavy atom. The minimum atomic E-state index is 0.0281. The Bertz CT molecular complexity index is 451. The number of hydrogen-bond donors (Lipinski definition) is 0. The average Bonchev–Trinajstić information content (AvgIpc) is 2.47. The Morgan fingerprint density at radius 2 is 2.06 bits per heavy atom. The molecule has 0 aromatic heterocycles. The Kier molecular flexibility index (Phi) is 3.47. The Hall–Kier alpha value is -1.77. The fraction of sp³-hybridized carbons (Fsp3) is 0.357. The summed E-state index contributed by atoms with van der Waals surface area (Å²) in [5.41, 5.74) is 1.50. The molecule has 0 aliphatic carbocycles. The van der Waals surface area contributed by atoms with Crippen molar-refractivity contribution in [1.29, 1.82) is 0 Å². The van der Waals surface area contributed by atoms with Gasteiger partial charge in [-0.15, -0.1) is 0 Å². The predicted octanol–water partition coefficient (Wildman–Crippen LogP) is 3.18. The number of amides is 1. The van der Waals surface area contributed by atoms with Gasteiger partial charge in [0.1, 0.15) is 12.0 Å². The highest BCUT2D eigenvalue weighted by molar-refractivity contribution is 5.98. The third kappa shape index (κ3) is 2.33. The Morgan fingerprint density at radius 3 is 2.82 bits per heavy atom. The second-order valence-electron chi connectivity index (χ2n) is 4.18. The fourth-order valence-corrected chi connectivity index (χ4v) is 1.86. The van der Waals surface area contributed by atoms with Crippen LogP contribution in [0.5, 0.6) is 5.75 Å². The zero-order chi connectivity index (χ0) is 12.3. The zero-order valence-electron chi connectivity index (χ0n) is 10.3. The third-order valence-corrected chi connectivity index (χ3v) is 2.88. The van der Waals surface area contributed by atoms with Crippen LogP contribution in [0.1, 0.15) is 37.0 Å². The number of allylic oxidation sites excluding steroid dienone is 1. The number of benzene rings is 1. The second kappa shape index (κ2) is 5.04. The number of hydrogen-bond acceptors (Lipinski definition) is 2. The van der Waals surface area contributed by atoms with E-state index in [0.717, 1.165) is 25.1 Å². The van der Waals surface area contributed by atoms with Gasteiger partial charge in [-0.2, -0.15) is 0 Å². The van der Waals surface area contributed by atoms with Crippen molar-refractivity contribution in [2.24, 2.45) is 0 Å². The lowest BCUT2D eigenvalue weighted by molar-refractivity contribution is 0.0806. The minimum Gasteiger partial charge on any atom is -0.462 e. The van der Waals surface area contributed by atoms with Crippen molar-refractivity contribution in [1.82, 2.24) is 4.90 Å². The monoisotopic (exact) mass is 231 g/mol. The van der Waals surface area contributed by atoms with Crippen LogP contribution < -0.4 is 4.74 Å². The van der Waals surface area contributed by atoms with E-state index in [1.165, 1.54) is 0 Å². The van der Waals surface area contributed by atoms with E-state index >= 15 is 0 Å². The third-order valence-electron chi connectivity index (χ3n) is 2.88. The molecule has 0 spiro atoms. The van der Waals surface area contributed by atoms with Crippen LogP contribution >= 0.6 is 0 Å². The van der Waals surface area contributed by atoms with E-state index in [4.69, 9.17) is 4.74 Å². The first-order chi connectivity index (χ1) is 8.24. The van der Waals surface area contributed by atoms with Gasteiger partial charge in [0.25, 0.3) is 5.91 Å². The number of para-hydroxylation sites is 1. The second-order valence-corrected chi connectivity index (χ2v) is 4.18. The summed E-state index contributed by atoms with van der Waals surface area (Å²) in [5, 5.41) is 0. The van der Waals surface area contributed by atoms with E-state index < -0.39 is 0 Å². The van der Waals surface area contributed by atoms with Crippen molar-refractivity contribution >= 4 is 5.91 Å². The van der Waals surface area contributed by atoms with Crippen LogP contribution in [-0.2, 0) is 0 Å². The van der Waals surface area contributed by atoms with E-state index in [1.807, 2.05) is 31.2 Å². The summed E-state index contributed by atoms with van der Waals surface area (Å²) < 4.78 is 5.52. The topological polar surface area (TPSA) is 29.5 Å². The first-order valence-corrected chi connectivity index (χ1v) is 5.98. The molecule has 1 amide bonds. The van der Waals surface area contributed by atoms with Gasteiger partial charge in [0, 0.05) is 6.54 Å². The van der Waals surface area contributed by atoms with Crippen LogP contribution in [0, 0.1) is 0 Å². The number of ether oxygens (including phenoxy) is 1. The summed E-state index contributed by atoms with van der Waals surface area (Å²) in [6.45, 7) is 4.76. The zero-order valence-corrected chi connectivity index (χ0v) is 10.3. The molecule has 0 saturated carbocycles. The van der Waals surface area contributed by atoms with E-state index in [9.17, 15) is 4.79 Å². The lowest BCUT2D eigenvalue weighted by Gasteiger charge is -2.20. The smallest absolute Gasteiger partial charge is 0.261 e. The quantitative estimate of drug-likeness (QED) is 0.799. The molecule has 3 nitrogen and oxygen atoms in total. The first kappa shape index (κ1) is 11.7. The standard InChI is InChI=1S/C14H17NO2/c1-3-4-9-15-11(2)10-17-13-8-6-5-7-12(13)14(15)16/h5-8,10H,3-4,9H2,1-2H3. The number of nitrogens with zero attached hydrogens (tertiary/aromatic N) is 1. The van der Waals surface area contributed by atoms with Gasteiger partial charge >= 0.3 is 0 Å². The molecular formula is C14H17NO2. The van der Waals surface area contributed by atoms with Crippen LogP contribution in [0.2, 0.25) is 0 Å². The summed E-state index contributed by atoms with van der Waals surface area (Å²) in [4.78, 5) is 14.1. The van der Waals surface area contributed by atoms with Gasteiger partial charge in [-0.3, -0.25) is 4.79 Å². The van der Waals surface area contributed by atoms with Gasteiger partial charge in [0.05, 0.1) is 11.3 Å². The maximum Gasteiger partial charge on any atom is 0.261 e. The average molecular weight is 231 g/mol. The molecule has 0 unspecified atom stereocenters. The number of carbonyl (C=O) groups is 1. The molecule has 0 bridgehead atoms. The molecule has 2 rings (SSSR count). The van der Waals surface area contributed by atoms with Crippen molar-refractivity contribution < 1.29 is 9.53 Å². The van der Waals surface area contributed by atoms with Gasteiger partial charge in [-0.05, 0) is 25.5 Å². The highest BCUT2D eigenvalue weighted by Gasteiger charge is 2.23. The minimum absolute atomic E-state index is 0.0281. The number of rotatable bonds is 3. The van der Waals surface area contributed by atoms with Crippen molar-refractivity contribution in [3.05, 3.63) is 41.8 Å². The Labute approximate surface area is 102 Å². The summed E-state index contributed by atoms with van der Waals surface area (Å²) in [6, 6.07) is 7.36. The lowest BCUT2D eigenvalue weighted by Crippen LogP contribution is -2.29. The van der Waals surface area contributed by atoms with Crippen LogP contribution in [0.25, 0.3) is 0 Å². The van der Waals surface area contributed by atoms with Gasteiger partial charge in [0.2, 0.25) is 0 Å². The largest absolute Gasteiger partial charge is 0.462 e. The molecule has 1 aromatic carbocycles. The van der Waals surface area contributed by atoms with Crippen LogP contribution in [-0.4, -0.2) is 17.4 Å². The normalized spacial score (nSPS) is 14.8. The molecule has 0 N–H and O–H groups in total. The van der Waals surface area contributed by atoms with Crippen LogP contribution in [0.15, 0.2) is 36.2 Å².